The molecule has 1 N–H and O–H groups in total. The molecule has 0 aliphatic carbocycles. The van der Waals surface area contributed by atoms with Crippen LogP contribution in [0.15, 0.2) is 12.5 Å². The summed E-state index contributed by atoms with van der Waals surface area (Å²) in [4.78, 5) is 40.1. The molecule has 1 aromatic rings. The number of alkyl carbamates (subject to hydrolysis) is 1. The van der Waals surface area contributed by atoms with E-state index in [4.69, 9.17) is 14.2 Å². The van der Waals surface area contributed by atoms with Crippen LogP contribution >= 0.6 is 0 Å². The second kappa shape index (κ2) is 8.20. The maximum Gasteiger partial charge on any atom is 0.420 e. The molecular formula is C17H27N3O6. The summed E-state index contributed by atoms with van der Waals surface area (Å²) >= 11 is 0. The molecule has 0 bridgehead atoms. The molecule has 0 fully saturated rings. The number of nitrogens with one attached hydrogen (secondary N) is 1. The summed E-state index contributed by atoms with van der Waals surface area (Å²) in [5, 5.41) is 2.45. The number of hydrogen-bond donors (Lipinski definition) is 1. The Bertz CT molecular complexity index is 654. The number of aromatic nitrogens is 2. The minimum Gasteiger partial charge on any atom is -0.467 e. The van der Waals surface area contributed by atoms with Crippen LogP contribution in [0.4, 0.5) is 9.59 Å². The molecule has 0 spiro atoms. The van der Waals surface area contributed by atoms with Gasteiger partial charge in [-0.25, -0.2) is 23.9 Å². The number of rotatable bonds is 4. The highest BCUT2D eigenvalue weighted by molar-refractivity contribution is 5.82. The van der Waals surface area contributed by atoms with Gasteiger partial charge in [-0.1, -0.05) is 0 Å². The van der Waals surface area contributed by atoms with Crippen molar-refractivity contribution in [1.29, 1.82) is 0 Å². The van der Waals surface area contributed by atoms with E-state index in [1.54, 1.807) is 41.5 Å². The Morgan fingerprint density at radius 1 is 1.12 bits per heavy atom. The molecule has 0 aliphatic heterocycles. The monoisotopic (exact) mass is 369 g/mol. The minimum absolute atomic E-state index is 0.0227. The molecule has 0 saturated carbocycles. The van der Waals surface area contributed by atoms with Crippen LogP contribution in [0.2, 0.25) is 0 Å². The second-order valence-corrected chi connectivity index (χ2v) is 7.66. The fourth-order valence-electron chi connectivity index (χ4n) is 1.94. The fourth-order valence-corrected chi connectivity index (χ4v) is 1.94. The van der Waals surface area contributed by atoms with Gasteiger partial charge in [0, 0.05) is 12.6 Å². The average Bonchev–Trinajstić information content (AvgIpc) is 2.90. The number of esters is 1. The van der Waals surface area contributed by atoms with Crippen molar-refractivity contribution < 1.29 is 28.6 Å². The molecule has 146 valence electrons. The van der Waals surface area contributed by atoms with Gasteiger partial charge >= 0.3 is 18.2 Å². The molecule has 0 unspecified atom stereocenters. The van der Waals surface area contributed by atoms with E-state index in [1.165, 1.54) is 24.2 Å². The van der Waals surface area contributed by atoms with Crippen molar-refractivity contribution >= 4 is 18.2 Å². The lowest BCUT2D eigenvalue weighted by Crippen LogP contribution is -2.45. The van der Waals surface area contributed by atoms with Crippen molar-refractivity contribution in [2.24, 2.45) is 0 Å². The highest BCUT2D eigenvalue weighted by atomic mass is 16.6. The largest absolute Gasteiger partial charge is 0.467 e. The van der Waals surface area contributed by atoms with Crippen LogP contribution in [0.25, 0.3) is 0 Å². The molecule has 1 rings (SSSR count). The van der Waals surface area contributed by atoms with E-state index in [9.17, 15) is 14.4 Å². The molecule has 0 radical (unpaired) electrons. The predicted molar refractivity (Wildman–Crippen MR) is 92.7 cm³/mol. The molecule has 0 aliphatic rings. The molecule has 9 heteroatoms. The van der Waals surface area contributed by atoms with Crippen molar-refractivity contribution in [2.45, 2.75) is 65.2 Å². The van der Waals surface area contributed by atoms with Crippen LogP contribution in [0.5, 0.6) is 0 Å². The van der Waals surface area contributed by atoms with Crippen LogP contribution in [-0.4, -0.2) is 52.1 Å². The summed E-state index contributed by atoms with van der Waals surface area (Å²) in [5.41, 5.74) is -1.02. The number of ether oxygens (including phenoxy) is 3. The number of carbonyl (C=O) groups excluding carboxylic acids is 3. The van der Waals surface area contributed by atoms with E-state index >= 15 is 0 Å². The Morgan fingerprint density at radius 3 is 2.19 bits per heavy atom. The molecule has 0 saturated heterocycles. The number of amides is 1. The van der Waals surface area contributed by atoms with Gasteiger partial charge in [-0.05, 0) is 41.5 Å². The molecule has 9 nitrogen and oxygen atoms in total. The maximum atomic E-state index is 12.2. The van der Waals surface area contributed by atoms with Gasteiger partial charge in [0.25, 0.3) is 0 Å². The number of methoxy groups -OCH3 is 1. The quantitative estimate of drug-likeness (QED) is 0.640. The summed E-state index contributed by atoms with van der Waals surface area (Å²) < 4.78 is 16.3. The van der Waals surface area contributed by atoms with Gasteiger partial charge in [0.15, 0.2) is 0 Å². The minimum atomic E-state index is -1.05. The summed E-state index contributed by atoms with van der Waals surface area (Å²) in [5.74, 6) is -0.673. The summed E-state index contributed by atoms with van der Waals surface area (Å²) in [6.07, 6.45) is 1.27. The van der Waals surface area contributed by atoms with E-state index in [1.807, 2.05) is 0 Å². The van der Waals surface area contributed by atoms with E-state index < -0.39 is 35.4 Å². The SMILES string of the molecule is COC(=O)[C@H](Cc1cncn1C(=O)OC(C)(C)C)NC(=O)OC(C)(C)C. The first-order chi connectivity index (χ1) is 11.8. The van der Waals surface area contributed by atoms with Crippen molar-refractivity contribution in [3.8, 4) is 0 Å². The lowest BCUT2D eigenvalue weighted by Gasteiger charge is -2.23. The first kappa shape index (κ1) is 21.5. The zero-order valence-corrected chi connectivity index (χ0v) is 16.3. The zero-order chi connectivity index (χ0) is 20.1. The average molecular weight is 369 g/mol. The highest BCUT2D eigenvalue weighted by Crippen LogP contribution is 2.13. The number of hydrogen-bond acceptors (Lipinski definition) is 7. The third kappa shape index (κ3) is 7.12. The van der Waals surface area contributed by atoms with Gasteiger partial charge in [-0.15, -0.1) is 0 Å². The Kier molecular flexibility index (Phi) is 6.77. The Labute approximate surface area is 153 Å². The third-order valence-corrected chi connectivity index (χ3v) is 2.90. The van der Waals surface area contributed by atoms with Gasteiger partial charge in [-0.2, -0.15) is 0 Å². The lowest BCUT2D eigenvalue weighted by molar-refractivity contribution is -0.143. The fraction of sp³-hybridized carbons (Fsp3) is 0.647. The second-order valence-electron chi connectivity index (χ2n) is 7.66. The van der Waals surface area contributed by atoms with Crippen LogP contribution in [0.3, 0.4) is 0 Å². The predicted octanol–water partition coefficient (Wildman–Crippen LogP) is 2.28. The van der Waals surface area contributed by atoms with Crippen LogP contribution in [0, 0.1) is 0 Å². The van der Waals surface area contributed by atoms with Crippen molar-refractivity contribution in [2.75, 3.05) is 7.11 Å². The lowest BCUT2D eigenvalue weighted by atomic mass is 10.1. The summed E-state index contributed by atoms with van der Waals surface area (Å²) in [6.45, 7) is 10.3. The molecule has 1 heterocycles. The molecule has 1 aromatic heterocycles. The molecular weight excluding hydrogens is 342 g/mol. The van der Waals surface area contributed by atoms with Gasteiger partial charge in [0.1, 0.15) is 23.6 Å². The van der Waals surface area contributed by atoms with E-state index in [-0.39, 0.29) is 6.42 Å². The zero-order valence-electron chi connectivity index (χ0n) is 16.3. The van der Waals surface area contributed by atoms with Crippen molar-refractivity contribution in [1.82, 2.24) is 14.9 Å². The summed E-state index contributed by atoms with van der Waals surface area (Å²) in [7, 11) is 1.21. The number of nitrogens with zero attached hydrogens (tertiary/aromatic N) is 2. The Morgan fingerprint density at radius 2 is 1.69 bits per heavy atom. The highest BCUT2D eigenvalue weighted by Gasteiger charge is 2.28. The van der Waals surface area contributed by atoms with Crippen LogP contribution in [0.1, 0.15) is 47.2 Å². The van der Waals surface area contributed by atoms with Crippen molar-refractivity contribution in [3.05, 3.63) is 18.2 Å². The van der Waals surface area contributed by atoms with E-state index in [0.29, 0.717) is 5.69 Å². The molecule has 1 amide bonds. The normalized spacial score (nSPS) is 12.9. The van der Waals surface area contributed by atoms with Gasteiger partial charge < -0.3 is 19.5 Å². The number of imidazole rings is 1. The van der Waals surface area contributed by atoms with Crippen molar-refractivity contribution in [3.63, 3.8) is 0 Å². The molecule has 0 aromatic carbocycles. The summed E-state index contributed by atoms with van der Waals surface area (Å²) in [6, 6.07) is -1.05. The van der Waals surface area contributed by atoms with Gasteiger partial charge in [0.2, 0.25) is 0 Å². The van der Waals surface area contributed by atoms with Crippen LogP contribution < -0.4 is 5.32 Å². The standard InChI is InChI=1S/C17H27N3O6/c1-16(2,3)25-14(22)19-12(13(21)24-7)8-11-9-18-10-20(11)15(23)26-17(4,5)6/h9-10,12H,8H2,1-7H3,(H,19,22)/t12-/m0/s1. The number of carbonyl (C=O) groups is 3. The topological polar surface area (TPSA) is 109 Å². The molecule has 26 heavy (non-hydrogen) atoms. The molecule has 1 atom stereocenters. The smallest absolute Gasteiger partial charge is 0.420 e. The Hall–Kier alpha value is -2.58. The maximum absolute atomic E-state index is 12.2. The first-order valence-electron chi connectivity index (χ1n) is 8.14. The van der Waals surface area contributed by atoms with E-state index in [0.717, 1.165) is 0 Å². The first-order valence-corrected chi connectivity index (χ1v) is 8.14. The van der Waals surface area contributed by atoms with Gasteiger partial charge in [0.05, 0.1) is 12.8 Å². The van der Waals surface area contributed by atoms with Gasteiger partial charge in [-0.3, -0.25) is 0 Å². The third-order valence-electron chi connectivity index (χ3n) is 2.90. The van der Waals surface area contributed by atoms with Crippen LogP contribution in [-0.2, 0) is 25.4 Å². The Balaban J connectivity index is 2.93. The van der Waals surface area contributed by atoms with E-state index in [2.05, 4.69) is 10.3 Å².